The van der Waals surface area contributed by atoms with Gasteiger partial charge in [-0.2, -0.15) is 0 Å². The van der Waals surface area contributed by atoms with Crippen LogP contribution in [-0.4, -0.2) is 13.7 Å². The van der Waals surface area contributed by atoms with Gasteiger partial charge in [-0.05, 0) is 47.0 Å². The first kappa shape index (κ1) is 18.2. The molecule has 2 aliphatic heterocycles. The molecule has 3 unspecified atom stereocenters. The van der Waals surface area contributed by atoms with Crippen LogP contribution in [-0.2, 0) is 6.54 Å². The van der Waals surface area contributed by atoms with Crippen molar-refractivity contribution in [3.05, 3.63) is 95.3 Å². The molecule has 0 radical (unpaired) electrons. The van der Waals surface area contributed by atoms with E-state index in [4.69, 9.17) is 4.74 Å². The van der Waals surface area contributed by atoms with Crippen molar-refractivity contribution >= 4 is 5.69 Å². The number of nitrogens with zero attached hydrogens (tertiary/aromatic N) is 1. The van der Waals surface area contributed by atoms with Gasteiger partial charge in [-0.1, -0.05) is 42.5 Å². The second-order valence-electron chi connectivity index (χ2n) is 7.75. The van der Waals surface area contributed by atoms with Crippen molar-refractivity contribution in [1.29, 1.82) is 0 Å². The molecule has 3 atom stereocenters. The zero-order valence-electron chi connectivity index (χ0n) is 16.3. The van der Waals surface area contributed by atoms with E-state index in [-0.39, 0.29) is 17.9 Å². The summed E-state index contributed by atoms with van der Waals surface area (Å²) in [6.45, 7) is 1.72. The molecule has 1 saturated heterocycles. The molecule has 0 bridgehead atoms. The van der Waals surface area contributed by atoms with Gasteiger partial charge in [0.15, 0.2) is 0 Å². The number of anilines is 1. The highest BCUT2D eigenvalue weighted by molar-refractivity contribution is 5.58. The Balaban J connectivity index is 1.48. The first-order valence-electron chi connectivity index (χ1n) is 9.96. The molecule has 3 aromatic rings. The van der Waals surface area contributed by atoms with Gasteiger partial charge < -0.3 is 9.64 Å². The summed E-state index contributed by atoms with van der Waals surface area (Å²) in [5.41, 5.74) is 11.8. The number of para-hydroxylation sites is 1. The van der Waals surface area contributed by atoms with E-state index in [1.807, 2.05) is 24.3 Å². The molecule has 0 amide bonds. The molecule has 0 aromatic heterocycles. The zero-order valence-corrected chi connectivity index (χ0v) is 16.3. The molecule has 0 spiro atoms. The molecule has 2 N–H and O–H groups in total. The highest BCUT2D eigenvalue weighted by Gasteiger charge is 2.43. The summed E-state index contributed by atoms with van der Waals surface area (Å²) in [6.07, 6.45) is 0. The molecule has 148 valence electrons. The van der Waals surface area contributed by atoms with Crippen molar-refractivity contribution in [3.63, 3.8) is 0 Å². The maximum Gasteiger partial charge on any atom is 0.123 e. The highest BCUT2D eigenvalue weighted by Crippen LogP contribution is 2.45. The fourth-order valence-electron chi connectivity index (χ4n) is 4.64. The Morgan fingerprint density at radius 2 is 1.76 bits per heavy atom. The summed E-state index contributed by atoms with van der Waals surface area (Å²) in [5, 5.41) is 0. The molecule has 0 aliphatic carbocycles. The van der Waals surface area contributed by atoms with Gasteiger partial charge in [0, 0.05) is 24.7 Å². The Kier molecular flexibility index (Phi) is 4.70. The molecular weight excluding hydrogens is 365 g/mol. The number of benzene rings is 3. The van der Waals surface area contributed by atoms with Crippen molar-refractivity contribution < 1.29 is 9.13 Å². The minimum Gasteiger partial charge on any atom is -0.497 e. The molecule has 5 heteroatoms. The minimum absolute atomic E-state index is 0.127. The first-order chi connectivity index (χ1) is 14.2. The molecule has 2 aliphatic rings. The summed E-state index contributed by atoms with van der Waals surface area (Å²) in [7, 11) is 1.70. The van der Waals surface area contributed by atoms with Crippen LogP contribution in [0.2, 0.25) is 0 Å². The summed E-state index contributed by atoms with van der Waals surface area (Å²) >= 11 is 0. The summed E-state index contributed by atoms with van der Waals surface area (Å²) < 4.78 is 18.8. The second kappa shape index (κ2) is 7.50. The Hall–Kier alpha value is -2.89. The van der Waals surface area contributed by atoms with Crippen LogP contribution in [0, 0.1) is 11.7 Å². The number of fused-ring (bicyclic) bond motifs is 3. The van der Waals surface area contributed by atoms with Crippen molar-refractivity contribution in [2.24, 2.45) is 5.92 Å². The largest absolute Gasteiger partial charge is 0.497 e. The Labute approximate surface area is 170 Å². The SMILES string of the molecule is COc1cccc(CN2CC3C(c4ccc(F)cc4)NNC3c3ccccc32)c1. The molecule has 4 nitrogen and oxygen atoms in total. The average Bonchev–Trinajstić information content (AvgIpc) is 3.19. The van der Waals surface area contributed by atoms with Gasteiger partial charge in [0.25, 0.3) is 0 Å². The van der Waals surface area contributed by atoms with Crippen molar-refractivity contribution in [1.82, 2.24) is 10.9 Å². The topological polar surface area (TPSA) is 36.5 Å². The Morgan fingerprint density at radius 3 is 2.59 bits per heavy atom. The lowest BCUT2D eigenvalue weighted by molar-refractivity contribution is 0.400. The Morgan fingerprint density at radius 1 is 0.966 bits per heavy atom. The van der Waals surface area contributed by atoms with Crippen LogP contribution in [0.4, 0.5) is 10.1 Å². The molecule has 0 saturated carbocycles. The molecule has 5 rings (SSSR count). The van der Waals surface area contributed by atoms with E-state index in [1.165, 1.54) is 28.9 Å². The van der Waals surface area contributed by atoms with Crippen LogP contribution in [0.3, 0.4) is 0 Å². The van der Waals surface area contributed by atoms with Crippen LogP contribution >= 0.6 is 0 Å². The van der Waals surface area contributed by atoms with E-state index in [2.05, 4.69) is 52.1 Å². The van der Waals surface area contributed by atoms with Crippen molar-refractivity contribution in [2.75, 3.05) is 18.6 Å². The molecule has 1 fully saturated rings. The van der Waals surface area contributed by atoms with Gasteiger partial charge >= 0.3 is 0 Å². The maximum atomic E-state index is 13.4. The van der Waals surface area contributed by atoms with E-state index < -0.39 is 0 Å². The standard InChI is InChI=1S/C24H24FN3O/c1-29-19-6-4-5-16(13-19)14-28-15-21-23(17-9-11-18(25)12-10-17)26-27-24(21)20-7-2-3-8-22(20)28/h2-13,21,23-24,26-27H,14-15H2,1H3. The van der Waals surface area contributed by atoms with Crippen molar-refractivity contribution in [3.8, 4) is 5.75 Å². The van der Waals surface area contributed by atoms with E-state index in [0.717, 1.165) is 24.4 Å². The number of hydrogen-bond donors (Lipinski definition) is 2. The fourth-order valence-corrected chi connectivity index (χ4v) is 4.64. The number of ether oxygens (including phenoxy) is 1. The zero-order chi connectivity index (χ0) is 19.8. The quantitative estimate of drug-likeness (QED) is 0.695. The van der Waals surface area contributed by atoms with Crippen LogP contribution in [0.1, 0.15) is 28.8 Å². The Bertz CT molecular complexity index is 1010. The summed E-state index contributed by atoms with van der Waals surface area (Å²) in [5.74, 6) is 1.00. The second-order valence-corrected chi connectivity index (χ2v) is 7.75. The fraction of sp³-hybridized carbons (Fsp3) is 0.250. The van der Waals surface area contributed by atoms with E-state index in [0.29, 0.717) is 5.92 Å². The summed E-state index contributed by atoms with van der Waals surface area (Å²) in [4.78, 5) is 2.44. The van der Waals surface area contributed by atoms with Crippen LogP contribution in [0.25, 0.3) is 0 Å². The number of nitrogens with one attached hydrogen (secondary N) is 2. The predicted molar refractivity (Wildman–Crippen MR) is 112 cm³/mol. The van der Waals surface area contributed by atoms with E-state index in [1.54, 1.807) is 7.11 Å². The first-order valence-corrected chi connectivity index (χ1v) is 9.96. The molecule has 3 aromatic carbocycles. The van der Waals surface area contributed by atoms with Crippen LogP contribution < -0.4 is 20.5 Å². The van der Waals surface area contributed by atoms with Crippen molar-refractivity contribution in [2.45, 2.75) is 18.6 Å². The molecule has 2 heterocycles. The van der Waals surface area contributed by atoms with Gasteiger partial charge in [0.05, 0.1) is 19.2 Å². The van der Waals surface area contributed by atoms with Gasteiger partial charge in [-0.25, -0.2) is 15.2 Å². The lowest BCUT2D eigenvalue weighted by Gasteiger charge is -2.39. The third-order valence-electron chi connectivity index (χ3n) is 6.03. The van der Waals surface area contributed by atoms with Crippen LogP contribution in [0.5, 0.6) is 5.75 Å². The smallest absolute Gasteiger partial charge is 0.123 e. The van der Waals surface area contributed by atoms with E-state index in [9.17, 15) is 4.39 Å². The monoisotopic (exact) mass is 389 g/mol. The minimum atomic E-state index is -0.204. The number of methoxy groups -OCH3 is 1. The van der Waals surface area contributed by atoms with Gasteiger partial charge in [-0.15, -0.1) is 0 Å². The number of hydrazine groups is 1. The molecule has 29 heavy (non-hydrogen) atoms. The number of hydrogen-bond acceptors (Lipinski definition) is 4. The third-order valence-corrected chi connectivity index (χ3v) is 6.03. The summed E-state index contributed by atoms with van der Waals surface area (Å²) in [6, 6.07) is 24.0. The van der Waals surface area contributed by atoms with Gasteiger partial charge in [0.2, 0.25) is 0 Å². The van der Waals surface area contributed by atoms with Gasteiger partial charge in [-0.3, -0.25) is 0 Å². The van der Waals surface area contributed by atoms with Gasteiger partial charge in [0.1, 0.15) is 11.6 Å². The third kappa shape index (κ3) is 3.37. The lowest BCUT2D eigenvalue weighted by atomic mass is 9.82. The normalized spacial score (nSPS) is 22.8. The number of halogens is 1. The average molecular weight is 389 g/mol. The number of rotatable bonds is 4. The van der Waals surface area contributed by atoms with Crippen LogP contribution in [0.15, 0.2) is 72.8 Å². The highest BCUT2D eigenvalue weighted by atomic mass is 19.1. The maximum absolute atomic E-state index is 13.4. The molecular formula is C24H24FN3O. The van der Waals surface area contributed by atoms with E-state index >= 15 is 0 Å². The predicted octanol–water partition coefficient (Wildman–Crippen LogP) is 4.36. The lowest BCUT2D eigenvalue weighted by Crippen LogP contribution is -2.39.